The van der Waals surface area contributed by atoms with E-state index in [2.05, 4.69) is 11.9 Å². The van der Waals surface area contributed by atoms with Crippen LogP contribution in [0.4, 0.5) is 0 Å². The van der Waals surface area contributed by atoms with Crippen molar-refractivity contribution in [2.24, 2.45) is 5.73 Å². The van der Waals surface area contributed by atoms with Gasteiger partial charge in [0.25, 0.3) is 0 Å². The van der Waals surface area contributed by atoms with Gasteiger partial charge in [-0.2, -0.15) is 0 Å². The van der Waals surface area contributed by atoms with Gasteiger partial charge in [0.05, 0.1) is 6.61 Å². The molecule has 0 fully saturated rings. The van der Waals surface area contributed by atoms with Gasteiger partial charge in [0.1, 0.15) is 5.84 Å². The summed E-state index contributed by atoms with van der Waals surface area (Å²) in [5, 5.41) is 7.37. The van der Waals surface area contributed by atoms with Crippen LogP contribution in [0.2, 0.25) is 0 Å². The summed E-state index contributed by atoms with van der Waals surface area (Å²) in [7, 11) is 0. The topological polar surface area (TPSA) is 72.0 Å². The quantitative estimate of drug-likeness (QED) is 0.439. The van der Waals surface area contributed by atoms with Gasteiger partial charge in [-0.1, -0.05) is 19.8 Å². The van der Waals surface area contributed by atoms with E-state index in [-0.39, 0.29) is 5.84 Å². The van der Waals surface area contributed by atoms with Crippen molar-refractivity contribution in [1.29, 1.82) is 5.41 Å². The highest BCUT2D eigenvalue weighted by atomic mass is 16.5. The molecule has 3 N–H and O–H groups in total. The summed E-state index contributed by atoms with van der Waals surface area (Å²) < 4.78 is 5.52. The average Bonchev–Trinajstić information content (AvgIpc) is 2.23. The van der Waals surface area contributed by atoms with Gasteiger partial charge in [-0.15, -0.1) is 0 Å². The first-order valence-corrected chi connectivity index (χ1v) is 5.59. The van der Waals surface area contributed by atoms with Crippen LogP contribution in [0.3, 0.4) is 0 Å². The van der Waals surface area contributed by atoms with Crippen molar-refractivity contribution < 1.29 is 4.74 Å². The number of aromatic nitrogens is 1. The van der Waals surface area contributed by atoms with E-state index in [1.807, 2.05) is 6.92 Å². The van der Waals surface area contributed by atoms with Crippen molar-refractivity contribution in [1.82, 2.24) is 4.98 Å². The highest BCUT2D eigenvalue weighted by molar-refractivity contribution is 5.95. The fourth-order valence-corrected chi connectivity index (χ4v) is 1.40. The summed E-state index contributed by atoms with van der Waals surface area (Å²) in [5.41, 5.74) is 6.91. The molecular formula is C12H19N3O. The van der Waals surface area contributed by atoms with Gasteiger partial charge in [-0.05, 0) is 19.4 Å². The minimum absolute atomic E-state index is 0.0453. The average molecular weight is 221 g/mol. The van der Waals surface area contributed by atoms with Gasteiger partial charge in [-0.25, -0.2) is 4.98 Å². The molecule has 0 amide bonds. The monoisotopic (exact) mass is 221 g/mol. The molecule has 0 bridgehead atoms. The van der Waals surface area contributed by atoms with E-state index in [4.69, 9.17) is 15.9 Å². The molecular weight excluding hydrogens is 202 g/mol. The summed E-state index contributed by atoms with van der Waals surface area (Å²) >= 11 is 0. The number of rotatable bonds is 6. The highest BCUT2D eigenvalue weighted by Crippen LogP contribution is 2.12. The Bertz CT molecular complexity index is 363. The van der Waals surface area contributed by atoms with E-state index in [0.29, 0.717) is 18.1 Å². The molecule has 0 saturated heterocycles. The van der Waals surface area contributed by atoms with Crippen molar-refractivity contribution in [3.05, 3.63) is 23.4 Å². The summed E-state index contributed by atoms with van der Waals surface area (Å²) in [4.78, 5) is 4.24. The van der Waals surface area contributed by atoms with Crippen LogP contribution in [-0.2, 0) is 0 Å². The fourth-order valence-electron chi connectivity index (χ4n) is 1.40. The van der Waals surface area contributed by atoms with Crippen molar-refractivity contribution >= 4 is 5.84 Å². The molecule has 1 aromatic rings. The largest absolute Gasteiger partial charge is 0.478 e. The molecule has 0 aliphatic carbocycles. The molecule has 4 nitrogen and oxygen atoms in total. The third kappa shape index (κ3) is 3.88. The number of aryl methyl sites for hydroxylation is 1. The number of unbranched alkanes of at least 4 members (excludes halogenated alkanes) is 2. The number of nitrogens with zero attached hydrogens (tertiary/aromatic N) is 1. The highest BCUT2D eigenvalue weighted by Gasteiger charge is 2.03. The first-order chi connectivity index (χ1) is 7.63. The lowest BCUT2D eigenvalue weighted by molar-refractivity contribution is 0.294. The van der Waals surface area contributed by atoms with Gasteiger partial charge >= 0.3 is 0 Å². The van der Waals surface area contributed by atoms with Crippen LogP contribution in [-0.4, -0.2) is 17.4 Å². The minimum atomic E-state index is 0.0453. The van der Waals surface area contributed by atoms with Gasteiger partial charge in [0, 0.05) is 17.3 Å². The summed E-state index contributed by atoms with van der Waals surface area (Å²) in [5.74, 6) is 0.602. The number of ether oxygens (including phenoxy) is 1. The molecule has 88 valence electrons. The Hall–Kier alpha value is -1.58. The minimum Gasteiger partial charge on any atom is -0.478 e. The standard InChI is InChI=1S/C12H19N3O/c1-3-4-5-6-16-11-8-10(12(13)14)7-9(2)15-11/h7-8H,3-6H2,1-2H3,(H3,13,14). The maximum atomic E-state index is 7.37. The van der Waals surface area contributed by atoms with Crippen molar-refractivity contribution in [2.75, 3.05) is 6.61 Å². The van der Waals surface area contributed by atoms with Crippen LogP contribution < -0.4 is 10.5 Å². The molecule has 0 spiro atoms. The Morgan fingerprint density at radius 1 is 1.44 bits per heavy atom. The zero-order valence-electron chi connectivity index (χ0n) is 9.92. The maximum absolute atomic E-state index is 7.37. The molecule has 0 aliphatic rings. The Labute approximate surface area is 96.3 Å². The predicted molar refractivity (Wildman–Crippen MR) is 65.0 cm³/mol. The molecule has 4 heteroatoms. The fraction of sp³-hybridized carbons (Fsp3) is 0.500. The van der Waals surface area contributed by atoms with E-state index in [1.165, 1.54) is 6.42 Å². The Morgan fingerprint density at radius 2 is 2.19 bits per heavy atom. The van der Waals surface area contributed by atoms with E-state index < -0.39 is 0 Å². The molecule has 0 unspecified atom stereocenters. The number of nitrogens with two attached hydrogens (primary N) is 1. The lowest BCUT2D eigenvalue weighted by Gasteiger charge is -2.07. The lowest BCUT2D eigenvalue weighted by Crippen LogP contribution is -2.12. The van der Waals surface area contributed by atoms with E-state index in [0.717, 1.165) is 18.5 Å². The maximum Gasteiger partial charge on any atom is 0.214 e. The number of nitrogens with one attached hydrogen (secondary N) is 1. The van der Waals surface area contributed by atoms with Crippen LogP contribution in [0.25, 0.3) is 0 Å². The van der Waals surface area contributed by atoms with Crippen molar-refractivity contribution in [3.63, 3.8) is 0 Å². The first-order valence-electron chi connectivity index (χ1n) is 5.59. The zero-order valence-corrected chi connectivity index (χ0v) is 9.92. The smallest absolute Gasteiger partial charge is 0.214 e. The van der Waals surface area contributed by atoms with E-state index >= 15 is 0 Å². The molecule has 0 aliphatic heterocycles. The van der Waals surface area contributed by atoms with E-state index in [1.54, 1.807) is 12.1 Å². The number of pyridine rings is 1. The van der Waals surface area contributed by atoms with E-state index in [9.17, 15) is 0 Å². The molecule has 0 aromatic carbocycles. The third-order valence-corrected chi connectivity index (χ3v) is 2.24. The van der Waals surface area contributed by atoms with Crippen LogP contribution >= 0.6 is 0 Å². The number of amidine groups is 1. The number of hydrogen-bond acceptors (Lipinski definition) is 3. The van der Waals surface area contributed by atoms with Gasteiger partial charge in [-0.3, -0.25) is 5.41 Å². The second-order valence-electron chi connectivity index (χ2n) is 3.80. The first kappa shape index (κ1) is 12.5. The zero-order chi connectivity index (χ0) is 12.0. The summed E-state index contributed by atoms with van der Waals surface area (Å²) in [6.45, 7) is 4.69. The Morgan fingerprint density at radius 3 is 2.81 bits per heavy atom. The Kier molecular flexibility index (Phi) is 4.76. The summed E-state index contributed by atoms with van der Waals surface area (Å²) in [6, 6.07) is 3.49. The van der Waals surface area contributed by atoms with Crippen LogP contribution in [0, 0.1) is 12.3 Å². The molecule has 1 heterocycles. The number of hydrogen-bond donors (Lipinski definition) is 2. The lowest BCUT2D eigenvalue weighted by atomic mass is 10.2. The van der Waals surface area contributed by atoms with Gasteiger partial charge < -0.3 is 10.5 Å². The molecule has 1 rings (SSSR count). The molecule has 16 heavy (non-hydrogen) atoms. The predicted octanol–water partition coefficient (Wildman–Crippen LogP) is 2.24. The number of nitrogen functional groups attached to an aromatic ring is 1. The molecule has 0 saturated carbocycles. The van der Waals surface area contributed by atoms with Gasteiger partial charge in [0.15, 0.2) is 0 Å². The van der Waals surface area contributed by atoms with Crippen LogP contribution in [0.15, 0.2) is 12.1 Å². The summed E-state index contributed by atoms with van der Waals surface area (Å²) in [6.07, 6.45) is 3.36. The second kappa shape index (κ2) is 6.10. The SMILES string of the molecule is CCCCCOc1cc(C(=N)N)cc(C)n1. The normalized spacial score (nSPS) is 10.1. The van der Waals surface area contributed by atoms with Crippen LogP contribution in [0.1, 0.15) is 37.4 Å². The second-order valence-corrected chi connectivity index (χ2v) is 3.80. The molecule has 0 radical (unpaired) electrons. The Balaban J connectivity index is 2.62. The van der Waals surface area contributed by atoms with Crippen LogP contribution in [0.5, 0.6) is 5.88 Å². The third-order valence-electron chi connectivity index (χ3n) is 2.24. The van der Waals surface area contributed by atoms with Gasteiger partial charge in [0.2, 0.25) is 5.88 Å². The van der Waals surface area contributed by atoms with Crippen molar-refractivity contribution in [3.8, 4) is 5.88 Å². The molecule has 0 atom stereocenters. The molecule has 1 aromatic heterocycles. The van der Waals surface area contributed by atoms with Crippen molar-refractivity contribution in [2.45, 2.75) is 33.1 Å².